The molecule has 0 radical (unpaired) electrons. The van der Waals surface area contributed by atoms with Crippen molar-refractivity contribution in [2.24, 2.45) is 5.92 Å². The number of hydrogen-bond donors (Lipinski definition) is 1. The van der Waals surface area contributed by atoms with Crippen LogP contribution >= 0.6 is 11.8 Å². The highest BCUT2D eigenvalue weighted by molar-refractivity contribution is 7.99. The van der Waals surface area contributed by atoms with Gasteiger partial charge in [0, 0.05) is 11.3 Å². The molecule has 0 rings (SSSR count). The molecule has 0 aliphatic heterocycles. The Morgan fingerprint density at radius 3 is 2.30 bits per heavy atom. The highest BCUT2D eigenvalue weighted by Gasteiger charge is 2.36. The van der Waals surface area contributed by atoms with E-state index >= 15 is 0 Å². The number of thioether (sulfide) groups is 1. The molecule has 2 unspecified atom stereocenters. The minimum Gasteiger partial charge on any atom is -0.465 e. The number of carbonyl (C=O) groups excluding carboxylic acids is 1. The van der Waals surface area contributed by atoms with Gasteiger partial charge in [0.1, 0.15) is 5.54 Å². The fourth-order valence-corrected chi connectivity index (χ4v) is 3.73. The summed E-state index contributed by atoms with van der Waals surface area (Å²) < 4.78 is 5.24. The molecule has 120 valence electrons. The average molecular weight is 304 g/mol. The average Bonchev–Trinajstić information content (AvgIpc) is 2.27. The van der Waals surface area contributed by atoms with Gasteiger partial charge in [-0.2, -0.15) is 11.8 Å². The molecule has 0 saturated carbocycles. The molecule has 0 spiro atoms. The van der Waals surface area contributed by atoms with E-state index in [9.17, 15) is 4.79 Å². The standard InChI is InChI=1S/C16H33NO2S/c1-8-19-15(18)16(7,17-13(4)5)11-14(6)20-10-9-12(2)3/h12-14,17H,8-11H2,1-7H3. The zero-order chi connectivity index (χ0) is 15.8. The number of carbonyl (C=O) groups is 1. The third kappa shape index (κ3) is 8.15. The Hall–Kier alpha value is -0.220. The minimum absolute atomic E-state index is 0.134. The van der Waals surface area contributed by atoms with Crippen LogP contribution in [0, 0.1) is 5.92 Å². The first kappa shape index (κ1) is 19.8. The second-order valence-corrected chi connectivity index (χ2v) is 7.97. The van der Waals surface area contributed by atoms with Crippen LogP contribution in [0.3, 0.4) is 0 Å². The first-order valence-electron chi connectivity index (χ1n) is 7.77. The van der Waals surface area contributed by atoms with Crippen LogP contribution in [0.1, 0.15) is 61.3 Å². The number of nitrogens with one attached hydrogen (secondary N) is 1. The Labute approximate surface area is 129 Å². The van der Waals surface area contributed by atoms with Gasteiger partial charge in [-0.05, 0) is 52.2 Å². The van der Waals surface area contributed by atoms with Crippen LogP contribution in [-0.4, -0.2) is 35.2 Å². The van der Waals surface area contributed by atoms with Crippen molar-refractivity contribution < 1.29 is 9.53 Å². The molecule has 0 aliphatic rings. The summed E-state index contributed by atoms with van der Waals surface area (Å²) >= 11 is 1.95. The Kier molecular flexibility index (Phi) is 9.56. The van der Waals surface area contributed by atoms with Gasteiger partial charge in [-0.15, -0.1) is 0 Å². The molecule has 4 heteroatoms. The normalized spacial score (nSPS) is 16.2. The van der Waals surface area contributed by atoms with Gasteiger partial charge in [0.05, 0.1) is 6.61 Å². The van der Waals surface area contributed by atoms with Crippen molar-refractivity contribution in [2.45, 2.75) is 78.1 Å². The van der Waals surface area contributed by atoms with Gasteiger partial charge in [0.25, 0.3) is 0 Å². The van der Waals surface area contributed by atoms with Gasteiger partial charge in [-0.1, -0.05) is 20.8 Å². The molecular formula is C16H33NO2S. The van der Waals surface area contributed by atoms with Crippen LogP contribution in [0.25, 0.3) is 0 Å². The monoisotopic (exact) mass is 303 g/mol. The molecule has 0 heterocycles. The van der Waals surface area contributed by atoms with Crippen molar-refractivity contribution in [3.63, 3.8) is 0 Å². The zero-order valence-electron chi connectivity index (χ0n) is 14.3. The van der Waals surface area contributed by atoms with Gasteiger partial charge < -0.3 is 4.74 Å². The summed E-state index contributed by atoms with van der Waals surface area (Å²) in [5.41, 5.74) is -0.589. The topological polar surface area (TPSA) is 38.3 Å². The van der Waals surface area contributed by atoms with Crippen molar-refractivity contribution in [2.75, 3.05) is 12.4 Å². The second-order valence-electron chi connectivity index (χ2n) is 6.42. The molecule has 2 atom stereocenters. The fourth-order valence-electron chi connectivity index (χ4n) is 2.27. The predicted octanol–water partition coefficient (Wildman–Crippen LogP) is 3.86. The zero-order valence-corrected chi connectivity index (χ0v) is 15.1. The SMILES string of the molecule is CCOC(=O)C(C)(CC(C)SCCC(C)C)NC(C)C. The van der Waals surface area contributed by atoms with E-state index in [1.807, 2.05) is 25.6 Å². The van der Waals surface area contributed by atoms with E-state index in [2.05, 4.69) is 39.9 Å². The first-order valence-corrected chi connectivity index (χ1v) is 8.82. The lowest BCUT2D eigenvalue weighted by Crippen LogP contribution is -2.54. The van der Waals surface area contributed by atoms with Crippen molar-refractivity contribution in [3.8, 4) is 0 Å². The van der Waals surface area contributed by atoms with Gasteiger partial charge in [-0.3, -0.25) is 10.1 Å². The van der Waals surface area contributed by atoms with Crippen LogP contribution < -0.4 is 5.32 Å². The van der Waals surface area contributed by atoms with Crippen molar-refractivity contribution in [1.29, 1.82) is 0 Å². The molecule has 0 aromatic carbocycles. The van der Waals surface area contributed by atoms with Crippen molar-refractivity contribution >= 4 is 17.7 Å². The smallest absolute Gasteiger partial charge is 0.326 e. The van der Waals surface area contributed by atoms with E-state index < -0.39 is 5.54 Å². The maximum atomic E-state index is 12.2. The third-order valence-electron chi connectivity index (χ3n) is 3.13. The van der Waals surface area contributed by atoms with Crippen LogP contribution in [-0.2, 0) is 9.53 Å². The van der Waals surface area contributed by atoms with Gasteiger partial charge >= 0.3 is 5.97 Å². The summed E-state index contributed by atoms with van der Waals surface area (Å²) in [4.78, 5) is 12.2. The highest BCUT2D eigenvalue weighted by Crippen LogP contribution is 2.25. The van der Waals surface area contributed by atoms with Gasteiger partial charge in [0.15, 0.2) is 0 Å². The van der Waals surface area contributed by atoms with Gasteiger partial charge in [-0.25, -0.2) is 0 Å². The quantitative estimate of drug-likeness (QED) is 0.622. The molecular weight excluding hydrogens is 270 g/mol. The van der Waals surface area contributed by atoms with Crippen LogP contribution in [0.15, 0.2) is 0 Å². The molecule has 20 heavy (non-hydrogen) atoms. The summed E-state index contributed by atoms with van der Waals surface area (Å²) in [6.07, 6.45) is 2.02. The molecule has 0 aromatic heterocycles. The fraction of sp³-hybridized carbons (Fsp3) is 0.938. The molecule has 0 bridgehead atoms. The molecule has 0 fully saturated rings. The number of esters is 1. The lowest BCUT2D eigenvalue weighted by atomic mass is 9.95. The molecule has 0 aliphatic carbocycles. The maximum Gasteiger partial charge on any atom is 0.326 e. The van der Waals surface area contributed by atoms with Crippen LogP contribution in [0.2, 0.25) is 0 Å². The Bertz CT molecular complexity index is 282. The summed E-state index contributed by atoms with van der Waals surface area (Å²) in [6, 6.07) is 0.261. The maximum absolute atomic E-state index is 12.2. The Morgan fingerprint density at radius 1 is 1.25 bits per heavy atom. The van der Waals surface area contributed by atoms with E-state index in [0.717, 1.165) is 18.1 Å². The predicted molar refractivity (Wildman–Crippen MR) is 89.3 cm³/mol. The van der Waals surface area contributed by atoms with E-state index in [1.165, 1.54) is 6.42 Å². The summed E-state index contributed by atoms with van der Waals surface area (Å²) in [5.74, 6) is 1.75. The second kappa shape index (κ2) is 9.67. The molecule has 0 amide bonds. The Morgan fingerprint density at radius 2 is 1.85 bits per heavy atom. The van der Waals surface area contributed by atoms with E-state index in [-0.39, 0.29) is 12.0 Å². The molecule has 3 nitrogen and oxygen atoms in total. The summed E-state index contributed by atoms with van der Waals surface area (Å²) in [7, 11) is 0. The number of ether oxygens (including phenoxy) is 1. The van der Waals surface area contributed by atoms with E-state index in [0.29, 0.717) is 11.9 Å². The van der Waals surface area contributed by atoms with Gasteiger partial charge in [0.2, 0.25) is 0 Å². The lowest BCUT2D eigenvalue weighted by molar-refractivity contribution is -0.151. The lowest BCUT2D eigenvalue weighted by Gasteiger charge is -2.32. The minimum atomic E-state index is -0.589. The number of hydrogen-bond acceptors (Lipinski definition) is 4. The Balaban J connectivity index is 4.51. The van der Waals surface area contributed by atoms with Crippen molar-refractivity contribution in [1.82, 2.24) is 5.32 Å². The summed E-state index contributed by atoms with van der Waals surface area (Å²) in [6.45, 7) is 15.1. The van der Waals surface area contributed by atoms with E-state index in [1.54, 1.807) is 0 Å². The largest absolute Gasteiger partial charge is 0.465 e. The third-order valence-corrected chi connectivity index (χ3v) is 4.33. The molecule has 0 saturated heterocycles. The van der Waals surface area contributed by atoms with E-state index in [4.69, 9.17) is 4.74 Å². The molecule has 1 N–H and O–H groups in total. The molecule has 0 aromatic rings. The van der Waals surface area contributed by atoms with Crippen LogP contribution in [0.4, 0.5) is 0 Å². The number of rotatable bonds is 10. The van der Waals surface area contributed by atoms with Crippen LogP contribution in [0.5, 0.6) is 0 Å². The van der Waals surface area contributed by atoms with Crippen molar-refractivity contribution in [3.05, 3.63) is 0 Å². The highest BCUT2D eigenvalue weighted by atomic mass is 32.2. The first-order chi connectivity index (χ1) is 9.21. The summed E-state index contributed by atoms with van der Waals surface area (Å²) in [5, 5.41) is 3.82.